The minimum Gasteiger partial charge on any atom is -0.321 e. The number of para-hydroxylation sites is 2. The molecule has 0 aliphatic heterocycles. The third kappa shape index (κ3) is 4.06. The highest BCUT2D eigenvalue weighted by molar-refractivity contribution is 6.34. The van der Waals surface area contributed by atoms with E-state index in [1.54, 1.807) is 18.3 Å². The van der Waals surface area contributed by atoms with Gasteiger partial charge in [0.15, 0.2) is 0 Å². The van der Waals surface area contributed by atoms with E-state index in [-0.39, 0.29) is 5.91 Å². The molecule has 2 aromatic heterocycles. The van der Waals surface area contributed by atoms with E-state index in [0.717, 1.165) is 34.3 Å². The van der Waals surface area contributed by atoms with Gasteiger partial charge >= 0.3 is 0 Å². The van der Waals surface area contributed by atoms with Crippen LogP contribution < -0.4 is 5.32 Å². The topological polar surface area (TPSA) is 59.8 Å². The number of aromatic nitrogens is 3. The van der Waals surface area contributed by atoms with Gasteiger partial charge in [-0.3, -0.25) is 4.79 Å². The first-order chi connectivity index (χ1) is 16.5. The summed E-state index contributed by atoms with van der Waals surface area (Å²) in [5, 5.41) is 8.81. The van der Waals surface area contributed by atoms with Gasteiger partial charge in [0.05, 0.1) is 45.1 Å². The first kappa shape index (κ1) is 21.9. The van der Waals surface area contributed by atoms with Gasteiger partial charge in [0, 0.05) is 10.9 Å². The number of fused-ring (bicyclic) bond motifs is 1. The molecule has 1 N–H and O–H groups in total. The first-order valence-corrected chi connectivity index (χ1v) is 11.5. The van der Waals surface area contributed by atoms with Crippen LogP contribution >= 0.6 is 11.6 Å². The summed E-state index contributed by atoms with van der Waals surface area (Å²) in [7, 11) is 0. The van der Waals surface area contributed by atoms with E-state index in [9.17, 15) is 4.79 Å². The number of nitrogens with one attached hydrogen (secondary N) is 1. The van der Waals surface area contributed by atoms with Crippen molar-refractivity contribution in [3.8, 4) is 16.9 Å². The van der Waals surface area contributed by atoms with Gasteiger partial charge in [0.2, 0.25) is 0 Å². The fraction of sp³-hybridized carbons (Fsp3) is 0.107. The molecular weight excluding hydrogens is 444 g/mol. The second-order valence-electron chi connectivity index (χ2n) is 8.08. The largest absolute Gasteiger partial charge is 0.321 e. The highest BCUT2D eigenvalue weighted by Gasteiger charge is 2.18. The molecule has 34 heavy (non-hydrogen) atoms. The molecule has 2 heterocycles. The summed E-state index contributed by atoms with van der Waals surface area (Å²) in [5.41, 5.74) is 6.61. The number of carbonyl (C=O) groups excluding carboxylic acids is 1. The van der Waals surface area contributed by atoms with Crippen molar-refractivity contribution in [3.05, 3.63) is 107 Å². The second-order valence-corrected chi connectivity index (χ2v) is 8.49. The number of halogens is 1. The summed E-state index contributed by atoms with van der Waals surface area (Å²) < 4.78 is 1.90. The Labute approximate surface area is 203 Å². The van der Waals surface area contributed by atoms with E-state index in [1.165, 1.54) is 5.56 Å². The van der Waals surface area contributed by atoms with E-state index in [0.29, 0.717) is 22.0 Å². The quantitative estimate of drug-likeness (QED) is 0.307. The minimum absolute atomic E-state index is 0.242. The highest BCUT2D eigenvalue weighted by Crippen LogP contribution is 2.29. The molecule has 0 spiro atoms. The van der Waals surface area contributed by atoms with E-state index < -0.39 is 0 Å². The number of pyridine rings is 1. The molecule has 0 saturated carbocycles. The Morgan fingerprint density at radius 1 is 1.00 bits per heavy atom. The highest BCUT2D eigenvalue weighted by atomic mass is 35.5. The van der Waals surface area contributed by atoms with Gasteiger partial charge in [-0.25, -0.2) is 9.67 Å². The van der Waals surface area contributed by atoms with Crippen LogP contribution in [0.15, 0.2) is 85.1 Å². The van der Waals surface area contributed by atoms with Crippen LogP contribution in [0.1, 0.15) is 28.5 Å². The molecule has 5 nitrogen and oxygen atoms in total. The van der Waals surface area contributed by atoms with Crippen LogP contribution in [0.25, 0.3) is 27.8 Å². The number of aryl methyl sites for hydroxylation is 1. The average molecular weight is 467 g/mol. The Kier molecular flexibility index (Phi) is 5.86. The van der Waals surface area contributed by atoms with Crippen LogP contribution in [0.4, 0.5) is 5.69 Å². The summed E-state index contributed by atoms with van der Waals surface area (Å²) in [6.07, 6.45) is 2.79. The maximum Gasteiger partial charge on any atom is 0.256 e. The van der Waals surface area contributed by atoms with Gasteiger partial charge in [-0.05, 0) is 55.3 Å². The standard InChI is InChI=1S/C28H23ClN4O/c1-3-19-12-14-20(15-13-19)33-18(2)23(17-30-33)27-16-22(21-8-4-6-10-25(21)31-27)28(34)32-26-11-7-5-9-24(26)29/h4-17H,3H2,1-2H3,(H,32,34). The molecule has 5 aromatic rings. The number of rotatable bonds is 5. The molecule has 0 aliphatic carbocycles. The number of amides is 1. The Hall–Kier alpha value is -3.96. The Morgan fingerprint density at radius 3 is 2.50 bits per heavy atom. The van der Waals surface area contributed by atoms with Crippen LogP contribution in [0.5, 0.6) is 0 Å². The van der Waals surface area contributed by atoms with Crippen LogP contribution in [0, 0.1) is 6.92 Å². The number of anilines is 1. The van der Waals surface area contributed by atoms with Crippen molar-refractivity contribution in [3.63, 3.8) is 0 Å². The monoisotopic (exact) mass is 466 g/mol. The lowest BCUT2D eigenvalue weighted by Gasteiger charge is -2.12. The van der Waals surface area contributed by atoms with Crippen molar-refractivity contribution in [1.29, 1.82) is 0 Å². The number of benzene rings is 3. The molecule has 0 bridgehead atoms. The minimum atomic E-state index is -0.242. The predicted molar refractivity (Wildman–Crippen MR) is 138 cm³/mol. The van der Waals surface area contributed by atoms with Crippen LogP contribution in [0.2, 0.25) is 5.02 Å². The molecule has 0 aliphatic rings. The first-order valence-electron chi connectivity index (χ1n) is 11.1. The lowest BCUT2D eigenvalue weighted by atomic mass is 10.0. The Balaban J connectivity index is 1.58. The summed E-state index contributed by atoms with van der Waals surface area (Å²) in [5.74, 6) is -0.242. The van der Waals surface area contributed by atoms with E-state index in [1.807, 2.05) is 54.1 Å². The fourth-order valence-electron chi connectivity index (χ4n) is 4.05. The van der Waals surface area contributed by atoms with Gasteiger partial charge in [0.1, 0.15) is 0 Å². The SMILES string of the molecule is CCc1ccc(-n2ncc(-c3cc(C(=O)Nc4ccccc4Cl)c4ccccc4n3)c2C)cc1. The molecule has 0 saturated heterocycles. The Bertz CT molecular complexity index is 1510. The normalized spacial score (nSPS) is 11.0. The molecule has 3 aromatic carbocycles. The van der Waals surface area contributed by atoms with Crippen molar-refractivity contribution in [2.45, 2.75) is 20.3 Å². The fourth-order valence-corrected chi connectivity index (χ4v) is 4.23. The van der Waals surface area contributed by atoms with E-state index in [4.69, 9.17) is 16.6 Å². The zero-order valence-corrected chi connectivity index (χ0v) is 19.7. The van der Waals surface area contributed by atoms with Crippen LogP contribution in [-0.2, 0) is 6.42 Å². The van der Waals surface area contributed by atoms with Crippen molar-refractivity contribution >= 4 is 34.1 Å². The predicted octanol–water partition coefficient (Wildman–Crippen LogP) is 6.86. The van der Waals surface area contributed by atoms with Crippen LogP contribution in [-0.4, -0.2) is 20.7 Å². The van der Waals surface area contributed by atoms with E-state index >= 15 is 0 Å². The van der Waals surface area contributed by atoms with Crippen molar-refractivity contribution < 1.29 is 4.79 Å². The number of hydrogen-bond donors (Lipinski definition) is 1. The van der Waals surface area contributed by atoms with Crippen molar-refractivity contribution in [2.24, 2.45) is 0 Å². The number of hydrogen-bond acceptors (Lipinski definition) is 3. The molecule has 0 unspecified atom stereocenters. The average Bonchev–Trinajstić information content (AvgIpc) is 3.26. The zero-order chi connectivity index (χ0) is 23.7. The molecule has 0 radical (unpaired) electrons. The molecule has 0 fully saturated rings. The second kappa shape index (κ2) is 9.12. The van der Waals surface area contributed by atoms with Gasteiger partial charge in [-0.1, -0.05) is 61.0 Å². The third-order valence-electron chi connectivity index (χ3n) is 5.96. The number of nitrogens with zero attached hydrogens (tertiary/aromatic N) is 3. The number of carbonyl (C=O) groups is 1. The van der Waals surface area contributed by atoms with Crippen molar-refractivity contribution in [1.82, 2.24) is 14.8 Å². The lowest BCUT2D eigenvalue weighted by molar-refractivity contribution is 0.102. The van der Waals surface area contributed by atoms with Gasteiger partial charge < -0.3 is 5.32 Å². The molecule has 1 amide bonds. The molecule has 0 atom stereocenters. The molecule has 168 valence electrons. The summed E-state index contributed by atoms with van der Waals surface area (Å²) in [6, 6.07) is 25.0. The summed E-state index contributed by atoms with van der Waals surface area (Å²) in [6.45, 7) is 4.15. The smallest absolute Gasteiger partial charge is 0.256 e. The maximum absolute atomic E-state index is 13.3. The summed E-state index contributed by atoms with van der Waals surface area (Å²) >= 11 is 6.26. The molecule has 5 rings (SSSR count). The third-order valence-corrected chi connectivity index (χ3v) is 6.29. The van der Waals surface area contributed by atoms with Crippen molar-refractivity contribution in [2.75, 3.05) is 5.32 Å². The van der Waals surface area contributed by atoms with Gasteiger partial charge in [0.25, 0.3) is 5.91 Å². The lowest BCUT2D eigenvalue weighted by Crippen LogP contribution is -2.13. The summed E-state index contributed by atoms with van der Waals surface area (Å²) in [4.78, 5) is 18.2. The maximum atomic E-state index is 13.3. The van der Waals surface area contributed by atoms with Gasteiger partial charge in [-0.2, -0.15) is 5.10 Å². The zero-order valence-electron chi connectivity index (χ0n) is 18.9. The van der Waals surface area contributed by atoms with Gasteiger partial charge in [-0.15, -0.1) is 0 Å². The van der Waals surface area contributed by atoms with Crippen LogP contribution in [0.3, 0.4) is 0 Å². The van der Waals surface area contributed by atoms with E-state index in [2.05, 4.69) is 41.6 Å². The Morgan fingerprint density at radius 2 is 1.74 bits per heavy atom. The molecular formula is C28H23ClN4O. The molecule has 6 heteroatoms.